The van der Waals surface area contributed by atoms with E-state index in [4.69, 9.17) is 5.26 Å². The highest BCUT2D eigenvalue weighted by atomic mass is 16.3. The SMILES string of the molecule is CNCC=Cc1ccc(C#N)c(O)c1. The molecule has 0 atom stereocenters. The summed E-state index contributed by atoms with van der Waals surface area (Å²) in [6.45, 7) is 0.779. The Labute approximate surface area is 83.3 Å². The molecule has 0 heterocycles. The molecular formula is C11H12N2O. The summed E-state index contributed by atoms with van der Waals surface area (Å²) in [6.07, 6.45) is 3.83. The van der Waals surface area contributed by atoms with E-state index in [2.05, 4.69) is 5.32 Å². The zero-order chi connectivity index (χ0) is 10.4. The van der Waals surface area contributed by atoms with E-state index in [1.54, 1.807) is 18.2 Å². The van der Waals surface area contributed by atoms with E-state index in [9.17, 15) is 5.11 Å². The molecule has 1 aromatic rings. The lowest BCUT2D eigenvalue weighted by atomic mass is 10.1. The second-order valence-electron chi connectivity index (χ2n) is 2.85. The standard InChI is InChI=1S/C11H12N2O/c1-13-6-2-3-9-4-5-10(8-12)11(14)7-9/h2-5,7,13-14H,6H2,1H3. The minimum atomic E-state index is 0.0270. The summed E-state index contributed by atoms with van der Waals surface area (Å²) in [5, 5.41) is 20.9. The van der Waals surface area contributed by atoms with Crippen molar-refractivity contribution in [2.24, 2.45) is 0 Å². The lowest BCUT2D eigenvalue weighted by molar-refractivity contribution is 0.473. The Morgan fingerprint density at radius 1 is 1.57 bits per heavy atom. The summed E-state index contributed by atoms with van der Waals surface area (Å²) in [5.74, 6) is 0.0270. The lowest BCUT2D eigenvalue weighted by Gasteiger charge is -1.97. The first-order valence-electron chi connectivity index (χ1n) is 4.32. The number of nitriles is 1. The van der Waals surface area contributed by atoms with Crippen molar-refractivity contribution in [3.05, 3.63) is 35.4 Å². The molecule has 0 unspecified atom stereocenters. The number of hydrogen-bond acceptors (Lipinski definition) is 3. The third-order valence-corrected chi connectivity index (χ3v) is 1.77. The van der Waals surface area contributed by atoms with Gasteiger partial charge in [0, 0.05) is 6.54 Å². The van der Waals surface area contributed by atoms with Crippen LogP contribution in [0.15, 0.2) is 24.3 Å². The van der Waals surface area contributed by atoms with Gasteiger partial charge in [-0.15, -0.1) is 0 Å². The van der Waals surface area contributed by atoms with Crippen LogP contribution in [0.25, 0.3) is 6.08 Å². The first-order valence-corrected chi connectivity index (χ1v) is 4.32. The molecule has 1 rings (SSSR count). The number of phenols is 1. The molecule has 14 heavy (non-hydrogen) atoms. The van der Waals surface area contributed by atoms with E-state index < -0.39 is 0 Å². The van der Waals surface area contributed by atoms with Crippen molar-refractivity contribution in [2.75, 3.05) is 13.6 Å². The maximum absolute atomic E-state index is 9.38. The summed E-state index contributed by atoms with van der Waals surface area (Å²) in [5.41, 5.74) is 1.19. The number of phenolic OH excluding ortho intramolecular Hbond substituents is 1. The fourth-order valence-electron chi connectivity index (χ4n) is 1.06. The molecule has 0 aromatic heterocycles. The Morgan fingerprint density at radius 3 is 2.93 bits per heavy atom. The van der Waals surface area contributed by atoms with Gasteiger partial charge in [0.05, 0.1) is 5.56 Å². The molecule has 0 amide bonds. The van der Waals surface area contributed by atoms with Crippen molar-refractivity contribution in [2.45, 2.75) is 0 Å². The molecule has 0 saturated heterocycles. The van der Waals surface area contributed by atoms with Crippen molar-refractivity contribution >= 4 is 6.08 Å². The van der Waals surface area contributed by atoms with Gasteiger partial charge in [-0.3, -0.25) is 0 Å². The molecule has 1 aromatic carbocycles. The third-order valence-electron chi connectivity index (χ3n) is 1.77. The number of rotatable bonds is 3. The first kappa shape index (κ1) is 10.3. The van der Waals surface area contributed by atoms with Crippen molar-refractivity contribution in [3.8, 4) is 11.8 Å². The zero-order valence-corrected chi connectivity index (χ0v) is 7.99. The van der Waals surface area contributed by atoms with E-state index in [0.29, 0.717) is 5.56 Å². The van der Waals surface area contributed by atoms with Gasteiger partial charge in [0.15, 0.2) is 0 Å². The van der Waals surface area contributed by atoms with Crippen LogP contribution in [0.3, 0.4) is 0 Å². The van der Waals surface area contributed by atoms with E-state index in [0.717, 1.165) is 12.1 Å². The van der Waals surface area contributed by atoms with Gasteiger partial charge in [0.1, 0.15) is 11.8 Å². The minimum absolute atomic E-state index is 0.0270. The van der Waals surface area contributed by atoms with E-state index in [1.165, 1.54) is 0 Å². The lowest BCUT2D eigenvalue weighted by Crippen LogP contribution is -2.03. The van der Waals surface area contributed by atoms with Crippen molar-refractivity contribution in [1.82, 2.24) is 5.32 Å². The monoisotopic (exact) mass is 188 g/mol. The Bertz CT molecular complexity index is 377. The Morgan fingerprint density at radius 2 is 2.36 bits per heavy atom. The van der Waals surface area contributed by atoms with Gasteiger partial charge in [-0.05, 0) is 24.7 Å². The van der Waals surface area contributed by atoms with Gasteiger partial charge < -0.3 is 10.4 Å². The molecule has 0 aliphatic rings. The number of benzene rings is 1. The minimum Gasteiger partial charge on any atom is -0.507 e. The second kappa shape index (κ2) is 5.05. The molecule has 3 heteroatoms. The molecule has 0 saturated carbocycles. The van der Waals surface area contributed by atoms with Crippen LogP contribution in [0, 0.1) is 11.3 Å². The average molecular weight is 188 g/mol. The summed E-state index contributed by atoms with van der Waals surface area (Å²) in [7, 11) is 1.86. The number of likely N-dealkylation sites (N-methyl/N-ethyl adjacent to an activating group) is 1. The van der Waals surface area contributed by atoms with Gasteiger partial charge in [-0.2, -0.15) is 5.26 Å². The predicted octanol–water partition coefficient (Wildman–Crippen LogP) is 1.50. The molecule has 2 N–H and O–H groups in total. The third kappa shape index (κ3) is 2.61. The highest BCUT2D eigenvalue weighted by Crippen LogP contribution is 2.18. The number of aromatic hydroxyl groups is 1. The number of nitrogens with one attached hydrogen (secondary N) is 1. The molecule has 0 radical (unpaired) electrons. The highest BCUT2D eigenvalue weighted by molar-refractivity contribution is 5.55. The van der Waals surface area contributed by atoms with Crippen LogP contribution >= 0.6 is 0 Å². The number of hydrogen-bond donors (Lipinski definition) is 2. The number of nitrogens with zero attached hydrogens (tertiary/aromatic N) is 1. The highest BCUT2D eigenvalue weighted by Gasteiger charge is 1.98. The molecule has 0 aliphatic heterocycles. The first-order chi connectivity index (χ1) is 6.77. The maximum atomic E-state index is 9.38. The van der Waals surface area contributed by atoms with Gasteiger partial charge >= 0.3 is 0 Å². The summed E-state index contributed by atoms with van der Waals surface area (Å²) < 4.78 is 0. The smallest absolute Gasteiger partial charge is 0.133 e. The van der Waals surface area contributed by atoms with E-state index >= 15 is 0 Å². The zero-order valence-electron chi connectivity index (χ0n) is 7.99. The van der Waals surface area contributed by atoms with Crippen LogP contribution in [0.5, 0.6) is 5.75 Å². The van der Waals surface area contributed by atoms with Crippen LogP contribution in [-0.2, 0) is 0 Å². The molecule has 3 nitrogen and oxygen atoms in total. The van der Waals surface area contributed by atoms with Crippen LogP contribution in [0.4, 0.5) is 0 Å². The fraction of sp³-hybridized carbons (Fsp3) is 0.182. The van der Waals surface area contributed by atoms with Gasteiger partial charge in [-0.25, -0.2) is 0 Å². The van der Waals surface area contributed by atoms with E-state index in [-0.39, 0.29) is 5.75 Å². The van der Waals surface area contributed by atoms with E-state index in [1.807, 2.05) is 25.3 Å². The Balaban J connectivity index is 2.82. The Kier molecular flexibility index (Phi) is 3.71. The molecule has 0 aliphatic carbocycles. The predicted molar refractivity (Wildman–Crippen MR) is 55.8 cm³/mol. The van der Waals surface area contributed by atoms with Crippen LogP contribution in [0.2, 0.25) is 0 Å². The molecular weight excluding hydrogens is 176 g/mol. The molecule has 0 fully saturated rings. The van der Waals surface area contributed by atoms with Crippen LogP contribution in [-0.4, -0.2) is 18.7 Å². The molecule has 0 bridgehead atoms. The summed E-state index contributed by atoms with van der Waals surface area (Å²) in [6, 6.07) is 6.88. The van der Waals surface area contributed by atoms with Gasteiger partial charge in [0.2, 0.25) is 0 Å². The quantitative estimate of drug-likeness (QED) is 0.755. The van der Waals surface area contributed by atoms with Gasteiger partial charge in [0.25, 0.3) is 0 Å². The normalized spacial score (nSPS) is 10.3. The second-order valence-corrected chi connectivity index (χ2v) is 2.85. The van der Waals surface area contributed by atoms with Crippen molar-refractivity contribution < 1.29 is 5.11 Å². The van der Waals surface area contributed by atoms with Crippen molar-refractivity contribution in [1.29, 1.82) is 5.26 Å². The Hall–Kier alpha value is -1.79. The maximum Gasteiger partial charge on any atom is 0.133 e. The average Bonchev–Trinajstić information content (AvgIpc) is 2.18. The fourth-order valence-corrected chi connectivity index (χ4v) is 1.06. The largest absolute Gasteiger partial charge is 0.507 e. The molecule has 72 valence electrons. The van der Waals surface area contributed by atoms with Crippen LogP contribution < -0.4 is 5.32 Å². The molecule has 0 spiro atoms. The topological polar surface area (TPSA) is 56.0 Å². The van der Waals surface area contributed by atoms with Crippen molar-refractivity contribution in [3.63, 3.8) is 0 Å². The van der Waals surface area contributed by atoms with Gasteiger partial charge in [-0.1, -0.05) is 18.2 Å². The summed E-state index contributed by atoms with van der Waals surface area (Å²) in [4.78, 5) is 0. The summed E-state index contributed by atoms with van der Waals surface area (Å²) >= 11 is 0. The van der Waals surface area contributed by atoms with Crippen LogP contribution in [0.1, 0.15) is 11.1 Å².